The number of hydrogen-bond acceptors (Lipinski definition) is 3. The Bertz CT molecular complexity index is 352. The molecule has 0 spiro atoms. The van der Waals surface area contributed by atoms with Crippen molar-refractivity contribution in [3.05, 3.63) is 29.8 Å². The number of hydrogen-bond donors (Lipinski definition) is 2. The average molecular weight is 265 g/mol. The van der Waals surface area contributed by atoms with Crippen LogP contribution < -0.4 is 10.1 Å². The van der Waals surface area contributed by atoms with Crippen LogP contribution in [0.1, 0.15) is 45.1 Å². The van der Waals surface area contributed by atoms with Crippen LogP contribution in [0.5, 0.6) is 5.75 Å². The van der Waals surface area contributed by atoms with Crippen LogP contribution in [0, 0.1) is 0 Å². The third-order valence-corrected chi connectivity index (χ3v) is 3.17. The first kappa shape index (κ1) is 16.0. The number of aliphatic hydroxyl groups is 1. The second-order valence-corrected chi connectivity index (χ2v) is 5.16. The second-order valence-electron chi connectivity index (χ2n) is 5.16. The van der Waals surface area contributed by atoms with Crippen LogP contribution in [-0.4, -0.2) is 30.9 Å². The number of ether oxygens (including phenoxy) is 1. The molecule has 0 saturated carbocycles. The highest BCUT2D eigenvalue weighted by Gasteiger charge is 2.09. The molecular weight excluding hydrogens is 238 g/mol. The Morgan fingerprint density at radius 2 is 2.00 bits per heavy atom. The van der Waals surface area contributed by atoms with Crippen molar-refractivity contribution in [1.29, 1.82) is 0 Å². The maximum atomic E-state index is 9.27. The highest BCUT2D eigenvalue weighted by Crippen LogP contribution is 2.25. The summed E-state index contributed by atoms with van der Waals surface area (Å²) in [7, 11) is 0. The van der Waals surface area contributed by atoms with Crippen molar-refractivity contribution in [1.82, 2.24) is 5.32 Å². The van der Waals surface area contributed by atoms with Crippen LogP contribution in [-0.2, 0) is 0 Å². The topological polar surface area (TPSA) is 41.5 Å². The van der Waals surface area contributed by atoms with Gasteiger partial charge in [-0.05, 0) is 36.9 Å². The zero-order chi connectivity index (χ0) is 14.1. The standard InChI is InChI=1S/C16H27NO2/c1-4-10-17-14(12-18)9-11-19-16-8-6-5-7-15(16)13(2)3/h5-8,13-14,17-18H,4,9-12H2,1-3H3. The monoisotopic (exact) mass is 265 g/mol. The zero-order valence-corrected chi connectivity index (χ0v) is 12.4. The molecule has 19 heavy (non-hydrogen) atoms. The molecule has 0 aliphatic carbocycles. The smallest absolute Gasteiger partial charge is 0.122 e. The van der Waals surface area contributed by atoms with E-state index < -0.39 is 0 Å². The lowest BCUT2D eigenvalue weighted by Crippen LogP contribution is -2.34. The van der Waals surface area contributed by atoms with Crippen molar-refractivity contribution in [2.75, 3.05) is 19.8 Å². The minimum atomic E-state index is 0.131. The van der Waals surface area contributed by atoms with Gasteiger partial charge in [0.15, 0.2) is 0 Å². The molecule has 0 aliphatic heterocycles. The van der Waals surface area contributed by atoms with Gasteiger partial charge in [-0.2, -0.15) is 0 Å². The van der Waals surface area contributed by atoms with Gasteiger partial charge in [0, 0.05) is 6.04 Å². The molecule has 1 rings (SSSR count). The molecule has 0 aromatic heterocycles. The summed E-state index contributed by atoms with van der Waals surface area (Å²) in [5.41, 5.74) is 1.24. The molecule has 0 fully saturated rings. The maximum Gasteiger partial charge on any atom is 0.122 e. The van der Waals surface area contributed by atoms with Gasteiger partial charge in [0.2, 0.25) is 0 Å². The lowest BCUT2D eigenvalue weighted by Gasteiger charge is -2.18. The molecule has 3 nitrogen and oxygen atoms in total. The van der Waals surface area contributed by atoms with E-state index in [-0.39, 0.29) is 12.6 Å². The highest BCUT2D eigenvalue weighted by molar-refractivity contribution is 5.35. The molecule has 1 atom stereocenters. The van der Waals surface area contributed by atoms with E-state index in [4.69, 9.17) is 4.74 Å². The Morgan fingerprint density at radius 3 is 2.63 bits per heavy atom. The molecule has 1 aromatic rings. The van der Waals surface area contributed by atoms with E-state index in [1.807, 2.05) is 18.2 Å². The largest absolute Gasteiger partial charge is 0.493 e. The first-order chi connectivity index (χ1) is 9.19. The Labute approximate surface area is 117 Å². The number of nitrogens with one attached hydrogen (secondary N) is 1. The van der Waals surface area contributed by atoms with E-state index in [1.54, 1.807) is 0 Å². The number of benzene rings is 1. The molecule has 0 bridgehead atoms. The van der Waals surface area contributed by atoms with Gasteiger partial charge in [0.1, 0.15) is 5.75 Å². The summed E-state index contributed by atoms with van der Waals surface area (Å²) < 4.78 is 5.86. The van der Waals surface area contributed by atoms with E-state index in [1.165, 1.54) is 5.56 Å². The minimum absolute atomic E-state index is 0.131. The van der Waals surface area contributed by atoms with Gasteiger partial charge in [-0.3, -0.25) is 0 Å². The van der Waals surface area contributed by atoms with E-state index in [9.17, 15) is 5.11 Å². The van der Waals surface area contributed by atoms with Gasteiger partial charge in [-0.25, -0.2) is 0 Å². The molecular formula is C16H27NO2. The predicted octanol–water partition coefficient (Wildman–Crippen LogP) is 2.94. The van der Waals surface area contributed by atoms with E-state index in [0.29, 0.717) is 12.5 Å². The third-order valence-electron chi connectivity index (χ3n) is 3.17. The summed E-state index contributed by atoms with van der Waals surface area (Å²) in [6.07, 6.45) is 1.90. The summed E-state index contributed by atoms with van der Waals surface area (Å²) in [5, 5.41) is 12.6. The molecule has 0 amide bonds. The zero-order valence-electron chi connectivity index (χ0n) is 12.4. The van der Waals surface area contributed by atoms with Crippen molar-refractivity contribution in [3.63, 3.8) is 0 Å². The average Bonchev–Trinajstić information content (AvgIpc) is 2.43. The van der Waals surface area contributed by atoms with Crippen molar-refractivity contribution in [2.24, 2.45) is 0 Å². The first-order valence-electron chi connectivity index (χ1n) is 7.25. The molecule has 2 N–H and O–H groups in total. The van der Waals surface area contributed by atoms with Crippen LogP contribution in [0.25, 0.3) is 0 Å². The van der Waals surface area contributed by atoms with Crippen LogP contribution in [0.2, 0.25) is 0 Å². The Morgan fingerprint density at radius 1 is 1.26 bits per heavy atom. The van der Waals surface area contributed by atoms with E-state index >= 15 is 0 Å². The Hall–Kier alpha value is -1.06. The predicted molar refractivity (Wildman–Crippen MR) is 79.8 cm³/mol. The summed E-state index contributed by atoms with van der Waals surface area (Å²) in [6, 6.07) is 8.30. The van der Waals surface area contributed by atoms with E-state index in [2.05, 4.69) is 32.2 Å². The van der Waals surface area contributed by atoms with Crippen LogP contribution in [0.3, 0.4) is 0 Å². The molecule has 0 heterocycles. The van der Waals surface area contributed by atoms with Gasteiger partial charge in [0.05, 0.1) is 13.2 Å². The molecule has 1 aromatic carbocycles. The van der Waals surface area contributed by atoms with Gasteiger partial charge >= 0.3 is 0 Å². The van der Waals surface area contributed by atoms with Gasteiger partial charge in [-0.1, -0.05) is 39.0 Å². The first-order valence-corrected chi connectivity index (χ1v) is 7.25. The lowest BCUT2D eigenvalue weighted by molar-refractivity contribution is 0.208. The lowest BCUT2D eigenvalue weighted by atomic mass is 10.0. The quantitative estimate of drug-likeness (QED) is 0.721. The highest BCUT2D eigenvalue weighted by atomic mass is 16.5. The Balaban J connectivity index is 2.44. The fourth-order valence-electron chi connectivity index (χ4n) is 2.01. The van der Waals surface area contributed by atoms with Crippen LogP contribution >= 0.6 is 0 Å². The van der Waals surface area contributed by atoms with Crippen molar-refractivity contribution in [3.8, 4) is 5.75 Å². The van der Waals surface area contributed by atoms with Crippen LogP contribution in [0.15, 0.2) is 24.3 Å². The van der Waals surface area contributed by atoms with Crippen LogP contribution in [0.4, 0.5) is 0 Å². The second kappa shape index (κ2) is 8.94. The molecule has 0 radical (unpaired) electrons. The molecule has 0 aliphatic rings. The molecule has 1 unspecified atom stereocenters. The molecule has 108 valence electrons. The number of aliphatic hydroxyl groups excluding tert-OH is 1. The third kappa shape index (κ3) is 5.62. The van der Waals surface area contributed by atoms with E-state index in [0.717, 1.165) is 25.1 Å². The number of para-hydroxylation sites is 1. The van der Waals surface area contributed by atoms with Gasteiger partial charge in [-0.15, -0.1) is 0 Å². The molecule has 3 heteroatoms. The van der Waals surface area contributed by atoms with Gasteiger partial charge in [0.25, 0.3) is 0 Å². The van der Waals surface area contributed by atoms with Gasteiger partial charge < -0.3 is 15.2 Å². The normalized spacial score (nSPS) is 12.7. The summed E-state index contributed by atoms with van der Waals surface area (Å²) in [6.45, 7) is 8.19. The minimum Gasteiger partial charge on any atom is -0.493 e. The fourth-order valence-corrected chi connectivity index (χ4v) is 2.01. The Kier molecular flexibility index (Phi) is 7.53. The van der Waals surface area contributed by atoms with Crippen molar-refractivity contribution >= 4 is 0 Å². The van der Waals surface area contributed by atoms with Crippen molar-refractivity contribution < 1.29 is 9.84 Å². The SMILES string of the molecule is CCCNC(CO)CCOc1ccccc1C(C)C. The number of rotatable bonds is 9. The summed E-state index contributed by atoms with van der Waals surface area (Å²) >= 11 is 0. The van der Waals surface area contributed by atoms with Crippen molar-refractivity contribution in [2.45, 2.75) is 45.6 Å². The maximum absolute atomic E-state index is 9.27. The molecule has 0 saturated heterocycles. The summed E-state index contributed by atoms with van der Waals surface area (Å²) in [5.74, 6) is 1.42. The fraction of sp³-hybridized carbons (Fsp3) is 0.625. The summed E-state index contributed by atoms with van der Waals surface area (Å²) in [4.78, 5) is 0.